The van der Waals surface area contributed by atoms with E-state index < -0.39 is 11.5 Å². The zero-order chi connectivity index (χ0) is 16.7. The van der Waals surface area contributed by atoms with Crippen molar-refractivity contribution in [2.75, 3.05) is 31.1 Å². The third-order valence-electron chi connectivity index (χ3n) is 4.77. The molecule has 0 radical (unpaired) electrons. The highest BCUT2D eigenvalue weighted by atomic mass is 35.5. The number of fused-ring (bicyclic) bond motifs is 4. The lowest BCUT2D eigenvalue weighted by Crippen LogP contribution is -2.39. The average molecular weight is 350 g/mol. The minimum Gasteiger partial charge on any atom is -0.351 e. The first-order valence-corrected chi connectivity index (χ1v) is 8.40. The molecule has 2 aromatic heterocycles. The van der Waals surface area contributed by atoms with Crippen LogP contribution >= 0.6 is 11.6 Å². The molecule has 0 aliphatic carbocycles. The van der Waals surface area contributed by atoms with Crippen LogP contribution in [0.2, 0.25) is 5.02 Å². The Labute approximate surface area is 143 Å². The number of hydrogen-bond donors (Lipinski definition) is 1. The third kappa shape index (κ3) is 2.78. The van der Waals surface area contributed by atoms with Crippen LogP contribution in [0.3, 0.4) is 0 Å². The molecule has 0 aromatic carbocycles. The highest BCUT2D eigenvalue weighted by Gasteiger charge is 2.31. The number of nitrogens with one attached hydrogen (secondary N) is 1. The van der Waals surface area contributed by atoms with Gasteiger partial charge in [-0.05, 0) is 18.9 Å². The van der Waals surface area contributed by atoms with Gasteiger partial charge in [0.15, 0.2) is 5.82 Å². The Kier molecular flexibility index (Phi) is 3.97. The van der Waals surface area contributed by atoms with Gasteiger partial charge in [0.2, 0.25) is 5.95 Å². The summed E-state index contributed by atoms with van der Waals surface area (Å²) in [5.74, 6) is 0.175. The minimum absolute atomic E-state index is 0.0913. The Bertz CT molecular complexity index is 818. The number of pyridine rings is 1. The highest BCUT2D eigenvalue weighted by Crippen LogP contribution is 2.30. The van der Waals surface area contributed by atoms with Gasteiger partial charge in [0.1, 0.15) is 10.8 Å². The minimum atomic E-state index is -0.618. The number of nitrogens with zero attached hydrogens (tertiary/aromatic N) is 4. The van der Waals surface area contributed by atoms with Gasteiger partial charge in [-0.25, -0.2) is 9.97 Å². The molecular formula is C16H17ClFN5O. The van der Waals surface area contributed by atoms with Gasteiger partial charge in [0.25, 0.3) is 5.56 Å². The Balaban J connectivity index is 1.79. The van der Waals surface area contributed by atoms with E-state index >= 15 is 0 Å². The Morgan fingerprint density at radius 3 is 2.79 bits per heavy atom. The van der Waals surface area contributed by atoms with Gasteiger partial charge in [-0.2, -0.15) is 4.39 Å². The number of hydrogen-bond acceptors (Lipinski definition) is 5. The molecule has 0 atom stereocenters. The number of anilines is 1. The summed E-state index contributed by atoms with van der Waals surface area (Å²) in [6, 6.07) is 3.19. The maximum Gasteiger partial charge on any atom is 0.272 e. The lowest BCUT2D eigenvalue weighted by Gasteiger charge is -2.32. The van der Waals surface area contributed by atoms with E-state index in [9.17, 15) is 9.18 Å². The molecule has 6 nitrogen and oxygen atoms in total. The maximum atomic E-state index is 13.4. The monoisotopic (exact) mass is 349 g/mol. The van der Waals surface area contributed by atoms with E-state index in [1.165, 1.54) is 12.3 Å². The van der Waals surface area contributed by atoms with Crippen molar-refractivity contribution in [1.82, 2.24) is 19.9 Å². The van der Waals surface area contributed by atoms with Crippen molar-refractivity contribution in [2.24, 2.45) is 0 Å². The number of rotatable bonds is 2. The summed E-state index contributed by atoms with van der Waals surface area (Å²) in [6.45, 7) is 3.83. The Morgan fingerprint density at radius 1 is 1.25 bits per heavy atom. The van der Waals surface area contributed by atoms with Crippen molar-refractivity contribution in [2.45, 2.75) is 18.9 Å². The van der Waals surface area contributed by atoms with E-state index in [0.717, 1.165) is 39.0 Å². The summed E-state index contributed by atoms with van der Waals surface area (Å²) in [4.78, 5) is 27.5. The Hall–Kier alpha value is -1.99. The molecule has 2 aromatic rings. The molecule has 1 N–H and O–H groups in total. The van der Waals surface area contributed by atoms with Crippen LogP contribution in [0.15, 0.2) is 23.1 Å². The second-order valence-corrected chi connectivity index (χ2v) is 6.56. The molecule has 126 valence electrons. The summed E-state index contributed by atoms with van der Waals surface area (Å²) >= 11 is 6.26. The van der Waals surface area contributed by atoms with Gasteiger partial charge in [-0.15, -0.1) is 0 Å². The topological polar surface area (TPSA) is 65.1 Å². The van der Waals surface area contributed by atoms with Crippen LogP contribution in [0.5, 0.6) is 0 Å². The van der Waals surface area contributed by atoms with Gasteiger partial charge in [0.05, 0.1) is 0 Å². The predicted molar refractivity (Wildman–Crippen MR) is 89.9 cm³/mol. The first kappa shape index (κ1) is 15.5. The summed E-state index contributed by atoms with van der Waals surface area (Å²) < 4.78 is 13.4. The molecule has 0 amide bonds. The van der Waals surface area contributed by atoms with E-state index in [1.54, 1.807) is 6.07 Å². The molecule has 3 aliphatic heterocycles. The number of H-pyrrole nitrogens is 1. The number of aromatic amines is 1. The van der Waals surface area contributed by atoms with E-state index in [4.69, 9.17) is 11.6 Å². The van der Waals surface area contributed by atoms with Crippen molar-refractivity contribution in [3.05, 3.63) is 39.7 Å². The maximum absolute atomic E-state index is 13.4. The molecule has 0 spiro atoms. The fraction of sp³-hybridized carbons (Fsp3) is 0.438. The molecule has 3 fully saturated rings. The number of aromatic nitrogens is 3. The molecule has 2 bridgehead atoms. The fourth-order valence-corrected chi connectivity index (χ4v) is 3.69. The first-order valence-electron chi connectivity index (χ1n) is 8.02. The first-order chi connectivity index (χ1) is 11.6. The van der Waals surface area contributed by atoms with E-state index in [-0.39, 0.29) is 5.02 Å². The number of halogens is 2. The predicted octanol–water partition coefficient (Wildman–Crippen LogP) is 1.91. The quantitative estimate of drug-likeness (QED) is 0.839. The molecule has 3 saturated heterocycles. The standard InChI is InChI=1S/C16H17ClFN5O/c17-13-15(23-8-7-22-5-2-11(23)3-6-22)20-14(21-16(13)24)10-1-4-19-12(18)9-10/h1,4,9,11H,2-3,5-8H2,(H,20,21,24). The van der Waals surface area contributed by atoms with E-state index in [0.29, 0.717) is 23.2 Å². The van der Waals surface area contributed by atoms with Crippen molar-refractivity contribution in [3.8, 4) is 11.4 Å². The van der Waals surface area contributed by atoms with E-state index in [2.05, 4.69) is 24.8 Å². The SMILES string of the molecule is O=c1[nH]c(-c2ccnc(F)c2)nc(N2CCN3CCC2CC3)c1Cl. The van der Waals surface area contributed by atoms with Crippen molar-refractivity contribution in [1.29, 1.82) is 0 Å². The van der Waals surface area contributed by atoms with Gasteiger partial charge >= 0.3 is 0 Å². The zero-order valence-corrected chi connectivity index (χ0v) is 13.8. The largest absolute Gasteiger partial charge is 0.351 e. The molecule has 5 rings (SSSR count). The summed E-state index contributed by atoms with van der Waals surface area (Å²) in [7, 11) is 0. The zero-order valence-electron chi connectivity index (χ0n) is 13.0. The van der Waals surface area contributed by atoms with Crippen LogP contribution in [-0.4, -0.2) is 52.1 Å². The average Bonchev–Trinajstić information content (AvgIpc) is 2.91. The molecule has 0 saturated carbocycles. The molecule has 5 heterocycles. The van der Waals surface area contributed by atoms with Gasteiger partial charge in [-0.3, -0.25) is 4.79 Å². The molecule has 3 aliphatic rings. The fourth-order valence-electron chi connectivity index (χ4n) is 3.49. The molecule has 8 heteroatoms. The normalized spacial score (nSPS) is 23.3. The summed E-state index contributed by atoms with van der Waals surface area (Å²) in [5, 5.41) is 0.0913. The molecule has 24 heavy (non-hydrogen) atoms. The molecular weight excluding hydrogens is 333 g/mol. The third-order valence-corrected chi connectivity index (χ3v) is 5.11. The Morgan fingerprint density at radius 2 is 2.04 bits per heavy atom. The van der Waals surface area contributed by atoms with Gasteiger partial charge in [-0.1, -0.05) is 11.6 Å². The van der Waals surface area contributed by atoms with Gasteiger partial charge < -0.3 is 14.8 Å². The summed E-state index contributed by atoms with van der Waals surface area (Å²) in [5.41, 5.74) is 0.0633. The molecule has 0 unspecified atom stereocenters. The summed E-state index contributed by atoms with van der Waals surface area (Å²) in [6.07, 6.45) is 3.41. The second kappa shape index (κ2) is 6.14. The van der Waals surface area contributed by atoms with Gasteiger partial charge in [0, 0.05) is 50.0 Å². The van der Waals surface area contributed by atoms with Crippen LogP contribution < -0.4 is 10.5 Å². The van der Waals surface area contributed by atoms with Crippen LogP contribution in [0.1, 0.15) is 12.8 Å². The van der Waals surface area contributed by atoms with Crippen molar-refractivity contribution in [3.63, 3.8) is 0 Å². The van der Waals surface area contributed by atoms with Crippen LogP contribution in [0, 0.1) is 5.95 Å². The van der Waals surface area contributed by atoms with Crippen molar-refractivity contribution < 1.29 is 4.39 Å². The second-order valence-electron chi connectivity index (χ2n) is 6.19. The van der Waals surface area contributed by atoms with Crippen LogP contribution in [0.4, 0.5) is 10.2 Å². The van der Waals surface area contributed by atoms with Crippen molar-refractivity contribution >= 4 is 17.4 Å². The van der Waals surface area contributed by atoms with Crippen LogP contribution in [0.25, 0.3) is 11.4 Å². The highest BCUT2D eigenvalue weighted by molar-refractivity contribution is 6.32. The smallest absolute Gasteiger partial charge is 0.272 e. The van der Waals surface area contributed by atoms with E-state index in [1.807, 2.05) is 0 Å². The number of piperidine rings is 1. The lowest BCUT2D eigenvalue weighted by atomic mass is 10.1. The lowest BCUT2D eigenvalue weighted by molar-refractivity contribution is 0.250. The van der Waals surface area contributed by atoms with Crippen LogP contribution in [-0.2, 0) is 0 Å².